The molecule has 1 aliphatic heterocycles. The second kappa shape index (κ2) is 5.49. The van der Waals surface area contributed by atoms with Crippen molar-refractivity contribution < 1.29 is 4.39 Å². The SMILES string of the molecule is CC(C)(C)c1cc(N)nn1C[C@H]1CCN(CCF)C1. The summed E-state index contributed by atoms with van der Waals surface area (Å²) in [6, 6.07) is 1.97. The minimum absolute atomic E-state index is 0.0435. The monoisotopic (exact) mass is 268 g/mol. The van der Waals surface area contributed by atoms with Gasteiger partial charge in [0.15, 0.2) is 0 Å². The maximum Gasteiger partial charge on any atom is 0.145 e. The highest BCUT2D eigenvalue weighted by atomic mass is 19.1. The van der Waals surface area contributed by atoms with Crippen molar-refractivity contribution in [3.63, 3.8) is 0 Å². The Bertz CT molecular complexity index is 422. The van der Waals surface area contributed by atoms with Gasteiger partial charge in [-0.25, -0.2) is 4.39 Å². The first kappa shape index (κ1) is 14.3. The smallest absolute Gasteiger partial charge is 0.145 e. The van der Waals surface area contributed by atoms with Gasteiger partial charge in [-0.1, -0.05) is 20.8 Å². The first-order chi connectivity index (χ1) is 8.90. The fourth-order valence-corrected chi connectivity index (χ4v) is 2.81. The lowest BCUT2D eigenvalue weighted by Crippen LogP contribution is -2.26. The number of hydrogen-bond acceptors (Lipinski definition) is 3. The number of alkyl halides is 1. The second-order valence-corrected chi connectivity index (χ2v) is 6.53. The first-order valence-corrected chi connectivity index (χ1v) is 7.02. The van der Waals surface area contributed by atoms with E-state index in [1.807, 2.05) is 10.7 Å². The van der Waals surface area contributed by atoms with Crippen LogP contribution in [-0.2, 0) is 12.0 Å². The van der Waals surface area contributed by atoms with Crippen molar-refractivity contribution >= 4 is 5.82 Å². The van der Waals surface area contributed by atoms with Gasteiger partial charge < -0.3 is 10.6 Å². The van der Waals surface area contributed by atoms with Gasteiger partial charge in [0.1, 0.15) is 12.5 Å². The fraction of sp³-hybridized carbons (Fsp3) is 0.786. The minimum Gasteiger partial charge on any atom is -0.382 e. The number of nitrogens with zero attached hydrogens (tertiary/aromatic N) is 3. The number of aromatic nitrogens is 2. The summed E-state index contributed by atoms with van der Waals surface area (Å²) in [4.78, 5) is 2.19. The summed E-state index contributed by atoms with van der Waals surface area (Å²) in [6.07, 6.45) is 1.11. The summed E-state index contributed by atoms with van der Waals surface area (Å²) in [6.45, 7) is 9.66. The predicted molar refractivity (Wildman–Crippen MR) is 75.9 cm³/mol. The molecular weight excluding hydrogens is 243 g/mol. The van der Waals surface area contributed by atoms with Gasteiger partial charge in [0.2, 0.25) is 0 Å². The zero-order valence-electron chi connectivity index (χ0n) is 12.2. The number of likely N-dealkylation sites (tertiary alicyclic amines) is 1. The van der Waals surface area contributed by atoms with E-state index in [1.54, 1.807) is 0 Å². The van der Waals surface area contributed by atoms with E-state index in [-0.39, 0.29) is 12.1 Å². The van der Waals surface area contributed by atoms with Gasteiger partial charge in [-0.2, -0.15) is 5.10 Å². The highest BCUT2D eigenvalue weighted by molar-refractivity contribution is 5.32. The van der Waals surface area contributed by atoms with Crippen LogP contribution in [-0.4, -0.2) is 41.0 Å². The van der Waals surface area contributed by atoms with Crippen LogP contribution in [0.5, 0.6) is 0 Å². The van der Waals surface area contributed by atoms with Crippen LogP contribution in [0.25, 0.3) is 0 Å². The molecule has 0 aromatic carbocycles. The number of anilines is 1. The van der Waals surface area contributed by atoms with Crippen molar-refractivity contribution in [2.75, 3.05) is 32.0 Å². The van der Waals surface area contributed by atoms with E-state index in [4.69, 9.17) is 5.73 Å². The average Bonchev–Trinajstić information content (AvgIpc) is 2.86. The van der Waals surface area contributed by atoms with E-state index in [9.17, 15) is 4.39 Å². The van der Waals surface area contributed by atoms with Crippen molar-refractivity contribution in [1.82, 2.24) is 14.7 Å². The standard InChI is InChI=1S/C14H25FN4/c1-14(2,3)12-8-13(16)17-19(12)10-11-4-6-18(9-11)7-5-15/h8,11H,4-7,9-10H2,1-3H3,(H2,16,17)/t11-/m0/s1. The number of halogens is 1. The van der Waals surface area contributed by atoms with Crippen LogP contribution in [0.4, 0.5) is 10.2 Å². The molecule has 2 rings (SSSR count). The van der Waals surface area contributed by atoms with E-state index in [0.29, 0.717) is 18.3 Å². The lowest BCUT2D eigenvalue weighted by atomic mass is 9.92. The third-order valence-electron chi connectivity index (χ3n) is 3.77. The van der Waals surface area contributed by atoms with Gasteiger partial charge in [0.25, 0.3) is 0 Å². The van der Waals surface area contributed by atoms with Gasteiger partial charge in [0.05, 0.1) is 0 Å². The third kappa shape index (κ3) is 3.47. The summed E-state index contributed by atoms with van der Waals surface area (Å²) >= 11 is 0. The Morgan fingerprint density at radius 2 is 2.21 bits per heavy atom. The zero-order chi connectivity index (χ0) is 14.0. The van der Waals surface area contributed by atoms with Crippen LogP contribution in [0.15, 0.2) is 6.07 Å². The number of nitrogen functional groups attached to an aromatic ring is 1. The molecule has 1 saturated heterocycles. The van der Waals surface area contributed by atoms with E-state index in [1.165, 1.54) is 5.69 Å². The van der Waals surface area contributed by atoms with Gasteiger partial charge in [-0.3, -0.25) is 4.68 Å². The molecular formula is C14H25FN4. The van der Waals surface area contributed by atoms with Crippen molar-refractivity contribution in [2.45, 2.75) is 39.2 Å². The van der Waals surface area contributed by atoms with Crippen LogP contribution in [0, 0.1) is 5.92 Å². The molecule has 108 valence electrons. The molecule has 0 radical (unpaired) electrons. The van der Waals surface area contributed by atoms with Crippen LogP contribution < -0.4 is 5.73 Å². The van der Waals surface area contributed by atoms with Crippen molar-refractivity contribution in [2.24, 2.45) is 5.92 Å². The Morgan fingerprint density at radius 1 is 1.47 bits per heavy atom. The van der Waals surface area contributed by atoms with E-state index in [0.717, 1.165) is 26.1 Å². The molecule has 1 aliphatic rings. The first-order valence-electron chi connectivity index (χ1n) is 7.02. The highest BCUT2D eigenvalue weighted by Crippen LogP contribution is 2.26. The summed E-state index contributed by atoms with van der Waals surface area (Å²) < 4.78 is 14.4. The maximum absolute atomic E-state index is 12.3. The molecule has 0 unspecified atom stereocenters. The molecule has 1 fully saturated rings. The van der Waals surface area contributed by atoms with E-state index in [2.05, 4.69) is 30.8 Å². The summed E-state index contributed by atoms with van der Waals surface area (Å²) in [5, 5.41) is 4.41. The quantitative estimate of drug-likeness (QED) is 0.909. The van der Waals surface area contributed by atoms with Crippen LogP contribution in [0.2, 0.25) is 0 Å². The fourth-order valence-electron chi connectivity index (χ4n) is 2.81. The van der Waals surface area contributed by atoms with Crippen LogP contribution >= 0.6 is 0 Å². The molecule has 0 amide bonds. The Hall–Kier alpha value is -1.10. The van der Waals surface area contributed by atoms with Crippen LogP contribution in [0.3, 0.4) is 0 Å². The molecule has 0 bridgehead atoms. The van der Waals surface area contributed by atoms with Crippen LogP contribution in [0.1, 0.15) is 32.9 Å². The summed E-state index contributed by atoms with van der Waals surface area (Å²) in [7, 11) is 0. The Labute approximate surface area is 114 Å². The molecule has 4 nitrogen and oxygen atoms in total. The second-order valence-electron chi connectivity index (χ2n) is 6.53. The summed E-state index contributed by atoms with van der Waals surface area (Å²) in [5.41, 5.74) is 7.05. The number of hydrogen-bond donors (Lipinski definition) is 1. The molecule has 5 heteroatoms. The third-order valence-corrected chi connectivity index (χ3v) is 3.77. The lowest BCUT2D eigenvalue weighted by molar-refractivity contribution is 0.280. The van der Waals surface area contributed by atoms with Gasteiger partial charge in [-0.15, -0.1) is 0 Å². The van der Waals surface area contributed by atoms with Gasteiger partial charge in [-0.05, 0) is 18.9 Å². The molecule has 1 aromatic rings. The molecule has 19 heavy (non-hydrogen) atoms. The molecule has 0 saturated carbocycles. The van der Waals surface area contributed by atoms with E-state index >= 15 is 0 Å². The minimum atomic E-state index is -0.255. The topological polar surface area (TPSA) is 47.1 Å². The van der Waals surface area contributed by atoms with Gasteiger partial charge >= 0.3 is 0 Å². The largest absolute Gasteiger partial charge is 0.382 e. The molecule has 2 N–H and O–H groups in total. The number of nitrogens with two attached hydrogens (primary N) is 1. The molecule has 2 heterocycles. The average molecular weight is 268 g/mol. The van der Waals surface area contributed by atoms with Crippen molar-refractivity contribution in [3.05, 3.63) is 11.8 Å². The van der Waals surface area contributed by atoms with E-state index < -0.39 is 0 Å². The normalized spacial score (nSPS) is 21.2. The molecule has 0 aliphatic carbocycles. The molecule has 1 atom stereocenters. The Kier molecular flexibility index (Phi) is 4.13. The Balaban J connectivity index is 2.04. The molecule has 0 spiro atoms. The van der Waals surface area contributed by atoms with Crippen molar-refractivity contribution in [3.8, 4) is 0 Å². The lowest BCUT2D eigenvalue weighted by Gasteiger charge is -2.22. The maximum atomic E-state index is 12.3. The van der Waals surface area contributed by atoms with Crippen molar-refractivity contribution in [1.29, 1.82) is 0 Å². The van der Waals surface area contributed by atoms with Gasteiger partial charge in [0, 0.05) is 36.8 Å². The zero-order valence-corrected chi connectivity index (χ0v) is 12.2. The number of rotatable bonds is 4. The highest BCUT2D eigenvalue weighted by Gasteiger charge is 2.26. The predicted octanol–water partition coefficient (Wildman–Crippen LogP) is 2.05. The summed E-state index contributed by atoms with van der Waals surface area (Å²) in [5.74, 6) is 1.13. The molecule has 1 aromatic heterocycles. The Morgan fingerprint density at radius 3 is 2.84 bits per heavy atom.